The Morgan fingerprint density at radius 2 is 2.00 bits per heavy atom. The summed E-state index contributed by atoms with van der Waals surface area (Å²) in [5.41, 5.74) is 2.73. The minimum Gasteiger partial charge on any atom is -0.481 e. The number of hydrogen-bond donors (Lipinski definition) is 2. The first kappa shape index (κ1) is 12.9. The van der Waals surface area contributed by atoms with Crippen molar-refractivity contribution in [2.45, 2.75) is 26.2 Å². The zero-order valence-corrected chi connectivity index (χ0v) is 11.3. The van der Waals surface area contributed by atoms with Gasteiger partial charge in [-0.1, -0.05) is 12.1 Å². The van der Waals surface area contributed by atoms with Crippen LogP contribution in [0.15, 0.2) is 24.4 Å². The molecule has 1 saturated carbocycles. The average molecular weight is 271 g/mol. The third kappa shape index (κ3) is 2.01. The number of hydrogen-bond acceptors (Lipinski definition) is 2. The van der Waals surface area contributed by atoms with Crippen LogP contribution in [-0.2, 0) is 4.79 Å². The number of aromatic nitrogens is 1. The molecule has 2 aromatic rings. The average Bonchev–Trinajstić information content (AvgIpc) is 3.05. The lowest BCUT2D eigenvalue weighted by molar-refractivity contribution is -0.141. The predicted octanol–water partition coefficient (Wildman–Crippen LogP) is 3.16. The molecule has 3 rings (SSSR count). The molecule has 1 aromatic heterocycles. The number of Topliss-reactive ketones (excluding diaryl/α,β-unsaturated/α-hetero) is 1. The van der Waals surface area contributed by atoms with Gasteiger partial charge < -0.3 is 10.1 Å². The molecule has 0 bridgehead atoms. The maximum atomic E-state index is 12.6. The van der Waals surface area contributed by atoms with Crippen molar-refractivity contribution in [2.75, 3.05) is 0 Å². The summed E-state index contributed by atoms with van der Waals surface area (Å²) in [5, 5.41) is 10.0. The lowest BCUT2D eigenvalue weighted by Crippen LogP contribution is -2.14. The van der Waals surface area contributed by atoms with Crippen LogP contribution in [0, 0.1) is 18.8 Å². The molecular weight excluding hydrogens is 254 g/mol. The van der Waals surface area contributed by atoms with E-state index in [-0.39, 0.29) is 17.6 Å². The Kier molecular flexibility index (Phi) is 3.08. The van der Waals surface area contributed by atoms with Gasteiger partial charge in [0.05, 0.1) is 5.92 Å². The number of carbonyl (C=O) groups excluding carboxylic acids is 1. The maximum Gasteiger partial charge on any atom is 0.306 e. The van der Waals surface area contributed by atoms with E-state index in [1.807, 2.05) is 25.1 Å². The van der Waals surface area contributed by atoms with Gasteiger partial charge >= 0.3 is 5.97 Å². The first-order valence-electron chi connectivity index (χ1n) is 6.91. The Morgan fingerprint density at radius 1 is 1.25 bits per heavy atom. The van der Waals surface area contributed by atoms with Crippen molar-refractivity contribution in [3.63, 3.8) is 0 Å². The number of H-pyrrole nitrogens is 1. The third-order valence-corrected chi connectivity index (χ3v) is 4.33. The van der Waals surface area contributed by atoms with E-state index in [0.29, 0.717) is 24.8 Å². The van der Waals surface area contributed by atoms with Crippen LogP contribution in [0.1, 0.15) is 35.2 Å². The van der Waals surface area contributed by atoms with E-state index in [1.54, 1.807) is 6.20 Å². The number of aromatic amines is 1. The topological polar surface area (TPSA) is 70.2 Å². The lowest BCUT2D eigenvalue weighted by Gasteiger charge is -2.08. The van der Waals surface area contributed by atoms with Crippen LogP contribution < -0.4 is 0 Å². The second-order valence-corrected chi connectivity index (χ2v) is 5.61. The highest BCUT2D eigenvalue weighted by atomic mass is 16.4. The smallest absolute Gasteiger partial charge is 0.306 e. The fourth-order valence-electron chi connectivity index (χ4n) is 3.23. The van der Waals surface area contributed by atoms with Gasteiger partial charge in [-0.05, 0) is 37.8 Å². The van der Waals surface area contributed by atoms with Crippen LogP contribution in [-0.4, -0.2) is 21.8 Å². The van der Waals surface area contributed by atoms with Crippen molar-refractivity contribution in [3.05, 3.63) is 35.5 Å². The number of rotatable bonds is 3. The molecule has 0 amide bonds. The van der Waals surface area contributed by atoms with Crippen LogP contribution in [0.2, 0.25) is 0 Å². The molecule has 1 fully saturated rings. The SMILES string of the molecule is Cc1cccc2[nH]cc(C(=O)C3CCC(C(=O)O)C3)c12. The van der Waals surface area contributed by atoms with Crippen molar-refractivity contribution in [1.29, 1.82) is 0 Å². The Labute approximate surface area is 116 Å². The van der Waals surface area contributed by atoms with E-state index in [1.165, 1.54) is 0 Å². The minimum absolute atomic E-state index is 0.0781. The number of carboxylic acids is 1. The Hall–Kier alpha value is -2.10. The van der Waals surface area contributed by atoms with Gasteiger partial charge in [0.15, 0.2) is 5.78 Å². The Morgan fingerprint density at radius 3 is 2.70 bits per heavy atom. The summed E-state index contributed by atoms with van der Waals surface area (Å²) in [6.07, 6.45) is 3.50. The molecule has 2 N–H and O–H groups in total. The van der Waals surface area contributed by atoms with E-state index in [2.05, 4.69) is 4.98 Å². The largest absolute Gasteiger partial charge is 0.481 e. The quantitative estimate of drug-likeness (QED) is 0.842. The monoisotopic (exact) mass is 271 g/mol. The van der Waals surface area contributed by atoms with Gasteiger partial charge in [-0.15, -0.1) is 0 Å². The molecule has 1 aliphatic carbocycles. The molecule has 1 aliphatic rings. The molecule has 1 aromatic carbocycles. The molecule has 104 valence electrons. The highest BCUT2D eigenvalue weighted by Crippen LogP contribution is 2.35. The molecule has 4 heteroatoms. The lowest BCUT2D eigenvalue weighted by atomic mass is 9.93. The number of ketones is 1. The number of aryl methyl sites for hydroxylation is 1. The number of carbonyl (C=O) groups is 2. The van der Waals surface area contributed by atoms with Gasteiger partial charge in [0.2, 0.25) is 0 Å². The third-order valence-electron chi connectivity index (χ3n) is 4.33. The van der Waals surface area contributed by atoms with Crippen LogP contribution in [0.4, 0.5) is 0 Å². The summed E-state index contributed by atoms with van der Waals surface area (Å²) in [6, 6.07) is 5.90. The van der Waals surface area contributed by atoms with Crippen LogP contribution in [0.5, 0.6) is 0 Å². The first-order chi connectivity index (χ1) is 9.58. The van der Waals surface area contributed by atoms with Crippen molar-refractivity contribution < 1.29 is 14.7 Å². The van der Waals surface area contributed by atoms with Gasteiger partial charge in [-0.3, -0.25) is 9.59 Å². The van der Waals surface area contributed by atoms with E-state index < -0.39 is 5.97 Å². The van der Waals surface area contributed by atoms with Crippen LogP contribution in [0.25, 0.3) is 10.9 Å². The van der Waals surface area contributed by atoms with Crippen molar-refractivity contribution in [3.8, 4) is 0 Å². The van der Waals surface area contributed by atoms with E-state index in [0.717, 1.165) is 16.5 Å². The molecule has 0 saturated heterocycles. The Bertz CT molecular complexity index is 686. The summed E-state index contributed by atoms with van der Waals surface area (Å²) in [4.78, 5) is 26.8. The summed E-state index contributed by atoms with van der Waals surface area (Å²) in [7, 11) is 0. The van der Waals surface area contributed by atoms with Crippen molar-refractivity contribution in [2.24, 2.45) is 11.8 Å². The van der Waals surface area contributed by atoms with E-state index in [9.17, 15) is 9.59 Å². The fraction of sp³-hybridized carbons (Fsp3) is 0.375. The molecule has 0 spiro atoms. The fourth-order valence-corrected chi connectivity index (χ4v) is 3.23. The summed E-state index contributed by atoms with van der Waals surface area (Å²) < 4.78 is 0. The molecular formula is C16H17NO3. The van der Waals surface area contributed by atoms with Crippen molar-refractivity contribution in [1.82, 2.24) is 4.98 Å². The second-order valence-electron chi connectivity index (χ2n) is 5.61. The molecule has 2 unspecified atom stereocenters. The van der Waals surface area contributed by atoms with Crippen LogP contribution in [0.3, 0.4) is 0 Å². The number of aliphatic carboxylic acids is 1. The van der Waals surface area contributed by atoms with Gasteiger partial charge in [0.1, 0.15) is 0 Å². The summed E-state index contributed by atoms with van der Waals surface area (Å²) >= 11 is 0. The summed E-state index contributed by atoms with van der Waals surface area (Å²) in [5.74, 6) is -1.23. The highest BCUT2D eigenvalue weighted by Gasteiger charge is 2.34. The molecule has 20 heavy (non-hydrogen) atoms. The molecule has 0 radical (unpaired) electrons. The van der Waals surface area contributed by atoms with Gasteiger partial charge in [-0.2, -0.15) is 0 Å². The van der Waals surface area contributed by atoms with Crippen LogP contribution >= 0.6 is 0 Å². The summed E-state index contributed by atoms with van der Waals surface area (Å²) in [6.45, 7) is 1.99. The number of benzene rings is 1. The van der Waals surface area contributed by atoms with Crippen molar-refractivity contribution >= 4 is 22.7 Å². The van der Waals surface area contributed by atoms with Gasteiger partial charge in [-0.25, -0.2) is 0 Å². The molecule has 1 heterocycles. The molecule has 0 aliphatic heterocycles. The number of carboxylic acid groups (broad SMARTS) is 1. The maximum absolute atomic E-state index is 12.6. The Balaban J connectivity index is 1.92. The van der Waals surface area contributed by atoms with E-state index >= 15 is 0 Å². The minimum atomic E-state index is -0.782. The van der Waals surface area contributed by atoms with Gasteiger partial charge in [0.25, 0.3) is 0 Å². The second kappa shape index (κ2) is 4.78. The zero-order valence-electron chi connectivity index (χ0n) is 11.3. The number of nitrogens with one attached hydrogen (secondary N) is 1. The first-order valence-corrected chi connectivity index (χ1v) is 6.91. The normalized spacial score (nSPS) is 22.2. The predicted molar refractivity (Wildman–Crippen MR) is 75.8 cm³/mol. The highest BCUT2D eigenvalue weighted by molar-refractivity contribution is 6.10. The van der Waals surface area contributed by atoms with E-state index in [4.69, 9.17) is 5.11 Å². The molecule has 4 nitrogen and oxygen atoms in total. The standard InChI is InChI=1S/C16H17NO3/c1-9-3-2-4-13-14(9)12(8-17-13)15(18)10-5-6-11(7-10)16(19)20/h2-4,8,10-11,17H,5-7H2,1H3,(H,19,20). The molecule has 2 atom stereocenters. The van der Waals surface area contributed by atoms with Gasteiger partial charge in [0, 0.05) is 28.6 Å². The zero-order chi connectivity index (χ0) is 14.3. The number of fused-ring (bicyclic) bond motifs is 1.